The standard InChI is InChI=1S/C11H13Cl2NO/c1-7(2)3-4-10(15)11-9(13)5-8(12)6-14-11/h5-7H,3-4H2,1-2H3. The van der Waals surface area contributed by atoms with Crippen molar-refractivity contribution in [2.45, 2.75) is 26.7 Å². The van der Waals surface area contributed by atoms with E-state index in [1.54, 1.807) is 6.07 Å². The first kappa shape index (κ1) is 12.5. The lowest BCUT2D eigenvalue weighted by Gasteiger charge is -2.04. The third kappa shape index (κ3) is 3.80. The Bertz CT molecular complexity index is 364. The maximum atomic E-state index is 11.7. The summed E-state index contributed by atoms with van der Waals surface area (Å²) >= 11 is 11.6. The van der Waals surface area contributed by atoms with Crippen LogP contribution in [0.4, 0.5) is 0 Å². The Hall–Kier alpha value is -0.600. The number of pyridine rings is 1. The zero-order chi connectivity index (χ0) is 11.4. The Kier molecular flexibility index (Phi) is 4.55. The van der Waals surface area contributed by atoms with Crippen molar-refractivity contribution in [3.05, 3.63) is 28.0 Å². The number of nitrogens with zero attached hydrogens (tertiary/aromatic N) is 1. The topological polar surface area (TPSA) is 30.0 Å². The molecule has 0 spiro atoms. The lowest BCUT2D eigenvalue weighted by atomic mass is 10.0. The summed E-state index contributed by atoms with van der Waals surface area (Å²) in [5.41, 5.74) is 0.321. The minimum Gasteiger partial charge on any atom is -0.292 e. The van der Waals surface area contributed by atoms with Crippen LogP contribution in [0.5, 0.6) is 0 Å². The highest BCUT2D eigenvalue weighted by Crippen LogP contribution is 2.20. The van der Waals surface area contributed by atoms with E-state index in [9.17, 15) is 4.79 Å². The highest BCUT2D eigenvalue weighted by Gasteiger charge is 2.12. The summed E-state index contributed by atoms with van der Waals surface area (Å²) in [5, 5.41) is 0.775. The van der Waals surface area contributed by atoms with Crippen LogP contribution in [0.15, 0.2) is 12.3 Å². The Morgan fingerprint density at radius 3 is 2.67 bits per heavy atom. The van der Waals surface area contributed by atoms with Gasteiger partial charge in [0.05, 0.1) is 10.0 Å². The molecule has 1 heterocycles. The molecule has 0 aliphatic carbocycles. The van der Waals surface area contributed by atoms with Gasteiger partial charge in [0.1, 0.15) is 5.69 Å². The zero-order valence-electron chi connectivity index (χ0n) is 8.76. The smallest absolute Gasteiger partial charge is 0.182 e. The fourth-order valence-corrected chi connectivity index (χ4v) is 1.64. The van der Waals surface area contributed by atoms with E-state index in [-0.39, 0.29) is 5.78 Å². The van der Waals surface area contributed by atoms with Crippen molar-refractivity contribution in [3.63, 3.8) is 0 Å². The van der Waals surface area contributed by atoms with E-state index in [0.29, 0.717) is 28.1 Å². The normalized spacial score (nSPS) is 10.7. The van der Waals surface area contributed by atoms with Gasteiger partial charge in [-0.1, -0.05) is 37.0 Å². The van der Waals surface area contributed by atoms with E-state index >= 15 is 0 Å². The number of ketones is 1. The summed E-state index contributed by atoms with van der Waals surface area (Å²) in [5.74, 6) is 0.477. The summed E-state index contributed by atoms with van der Waals surface area (Å²) < 4.78 is 0. The average Bonchev–Trinajstić information content (AvgIpc) is 2.14. The van der Waals surface area contributed by atoms with Gasteiger partial charge in [0, 0.05) is 12.6 Å². The molecule has 4 heteroatoms. The molecule has 1 rings (SSSR count). The summed E-state index contributed by atoms with van der Waals surface area (Å²) in [6.07, 6.45) is 2.77. The van der Waals surface area contributed by atoms with Crippen molar-refractivity contribution in [1.82, 2.24) is 4.98 Å². The molecule has 0 unspecified atom stereocenters. The molecule has 2 nitrogen and oxygen atoms in total. The van der Waals surface area contributed by atoms with Crippen LogP contribution in [0.25, 0.3) is 0 Å². The molecule has 0 aliphatic heterocycles. The van der Waals surface area contributed by atoms with Crippen LogP contribution >= 0.6 is 23.2 Å². The van der Waals surface area contributed by atoms with E-state index in [1.165, 1.54) is 6.20 Å². The highest BCUT2D eigenvalue weighted by atomic mass is 35.5. The second kappa shape index (κ2) is 5.47. The van der Waals surface area contributed by atoms with Gasteiger partial charge in [-0.05, 0) is 18.4 Å². The number of carbonyl (C=O) groups is 1. The number of Topliss-reactive ketones (excluding diaryl/α,β-unsaturated/α-hetero) is 1. The molecule has 1 aromatic heterocycles. The van der Waals surface area contributed by atoms with Gasteiger partial charge in [-0.25, -0.2) is 0 Å². The average molecular weight is 246 g/mol. The van der Waals surface area contributed by atoms with Crippen LogP contribution in [-0.2, 0) is 0 Å². The van der Waals surface area contributed by atoms with Gasteiger partial charge < -0.3 is 0 Å². The van der Waals surface area contributed by atoms with Crippen LogP contribution in [0, 0.1) is 5.92 Å². The Morgan fingerprint density at radius 1 is 1.47 bits per heavy atom. The van der Waals surface area contributed by atoms with E-state index in [4.69, 9.17) is 23.2 Å². The first-order valence-electron chi connectivity index (χ1n) is 4.85. The van der Waals surface area contributed by atoms with E-state index in [1.807, 2.05) is 0 Å². The molecular weight excluding hydrogens is 233 g/mol. The van der Waals surface area contributed by atoms with Gasteiger partial charge in [0.2, 0.25) is 0 Å². The molecule has 0 aliphatic rings. The molecule has 0 saturated carbocycles. The monoisotopic (exact) mass is 245 g/mol. The first-order chi connectivity index (χ1) is 7.00. The summed E-state index contributed by atoms with van der Waals surface area (Å²) in [4.78, 5) is 15.6. The van der Waals surface area contributed by atoms with Gasteiger partial charge in [0.25, 0.3) is 0 Å². The molecular formula is C11H13Cl2NO. The van der Waals surface area contributed by atoms with Crippen molar-refractivity contribution < 1.29 is 4.79 Å². The van der Waals surface area contributed by atoms with Crippen molar-refractivity contribution in [2.75, 3.05) is 0 Å². The molecule has 0 radical (unpaired) electrons. The van der Waals surface area contributed by atoms with Crippen molar-refractivity contribution >= 4 is 29.0 Å². The largest absolute Gasteiger partial charge is 0.292 e. The predicted octanol–water partition coefficient (Wildman–Crippen LogP) is 4.01. The maximum Gasteiger partial charge on any atom is 0.182 e. The molecule has 0 bridgehead atoms. The van der Waals surface area contributed by atoms with Gasteiger partial charge in [-0.2, -0.15) is 0 Å². The summed E-state index contributed by atoms with van der Waals surface area (Å²) in [6, 6.07) is 1.54. The zero-order valence-corrected chi connectivity index (χ0v) is 10.3. The number of carbonyl (C=O) groups excluding carboxylic acids is 1. The molecule has 0 fully saturated rings. The Balaban J connectivity index is 2.74. The van der Waals surface area contributed by atoms with Crippen LogP contribution < -0.4 is 0 Å². The van der Waals surface area contributed by atoms with E-state index < -0.39 is 0 Å². The first-order valence-corrected chi connectivity index (χ1v) is 5.60. The summed E-state index contributed by atoms with van der Waals surface area (Å²) in [7, 11) is 0. The fraction of sp³-hybridized carbons (Fsp3) is 0.455. The third-order valence-electron chi connectivity index (χ3n) is 2.02. The molecule has 0 N–H and O–H groups in total. The lowest BCUT2D eigenvalue weighted by molar-refractivity contribution is 0.0971. The predicted molar refractivity (Wildman–Crippen MR) is 62.7 cm³/mol. The third-order valence-corrected chi connectivity index (χ3v) is 2.52. The van der Waals surface area contributed by atoms with E-state index in [2.05, 4.69) is 18.8 Å². The van der Waals surface area contributed by atoms with Gasteiger partial charge in [0.15, 0.2) is 5.78 Å². The SMILES string of the molecule is CC(C)CCC(=O)c1ncc(Cl)cc1Cl. The van der Waals surface area contributed by atoms with Crippen LogP contribution in [0.2, 0.25) is 10.0 Å². The van der Waals surface area contributed by atoms with E-state index in [0.717, 1.165) is 6.42 Å². The second-order valence-electron chi connectivity index (χ2n) is 3.84. The molecule has 0 atom stereocenters. The number of hydrogen-bond acceptors (Lipinski definition) is 2. The summed E-state index contributed by atoms with van der Waals surface area (Å²) in [6.45, 7) is 4.15. The maximum absolute atomic E-state index is 11.7. The minimum absolute atomic E-state index is 0.0228. The van der Waals surface area contributed by atoms with Crippen molar-refractivity contribution in [2.24, 2.45) is 5.92 Å². The highest BCUT2D eigenvalue weighted by molar-refractivity contribution is 6.36. The van der Waals surface area contributed by atoms with Crippen molar-refractivity contribution in [1.29, 1.82) is 0 Å². The lowest BCUT2D eigenvalue weighted by Crippen LogP contribution is -2.04. The fourth-order valence-electron chi connectivity index (χ4n) is 1.16. The number of halogens is 2. The number of aromatic nitrogens is 1. The molecule has 0 amide bonds. The van der Waals surface area contributed by atoms with Crippen LogP contribution in [0.1, 0.15) is 37.2 Å². The quantitative estimate of drug-likeness (QED) is 0.751. The number of rotatable bonds is 4. The molecule has 15 heavy (non-hydrogen) atoms. The Morgan fingerprint density at radius 2 is 2.13 bits per heavy atom. The molecule has 0 saturated heterocycles. The van der Waals surface area contributed by atoms with Gasteiger partial charge in [-0.3, -0.25) is 9.78 Å². The van der Waals surface area contributed by atoms with Gasteiger partial charge >= 0.3 is 0 Å². The molecule has 0 aromatic carbocycles. The second-order valence-corrected chi connectivity index (χ2v) is 4.68. The van der Waals surface area contributed by atoms with Crippen LogP contribution in [0.3, 0.4) is 0 Å². The van der Waals surface area contributed by atoms with Gasteiger partial charge in [-0.15, -0.1) is 0 Å². The molecule has 1 aromatic rings. The minimum atomic E-state index is -0.0228. The van der Waals surface area contributed by atoms with Crippen molar-refractivity contribution in [3.8, 4) is 0 Å². The van der Waals surface area contributed by atoms with Crippen LogP contribution in [-0.4, -0.2) is 10.8 Å². The molecule has 82 valence electrons. The number of hydrogen-bond donors (Lipinski definition) is 0. The Labute approximate surface area is 99.6 Å².